The first-order valence-corrected chi connectivity index (χ1v) is 9.56. The van der Waals surface area contributed by atoms with E-state index in [0.29, 0.717) is 28.8 Å². The van der Waals surface area contributed by atoms with Gasteiger partial charge in [0, 0.05) is 30.5 Å². The molecule has 0 aromatic heterocycles. The number of para-hydroxylation sites is 1. The molecule has 0 radical (unpaired) electrons. The van der Waals surface area contributed by atoms with Gasteiger partial charge < -0.3 is 15.0 Å². The molecule has 2 heterocycles. The topological polar surface area (TPSA) is 84.7 Å². The highest BCUT2D eigenvalue weighted by molar-refractivity contribution is 9.10. The van der Waals surface area contributed by atoms with Crippen LogP contribution in [0.5, 0.6) is 0 Å². The Kier molecular flexibility index (Phi) is 4.84. The minimum Gasteiger partial charge on any atom is -0.376 e. The van der Waals surface area contributed by atoms with Crippen molar-refractivity contribution in [2.45, 2.75) is 25.1 Å². The molecule has 7 nitrogen and oxygen atoms in total. The maximum atomic E-state index is 13.2. The fourth-order valence-corrected chi connectivity index (χ4v) is 3.98. The van der Waals surface area contributed by atoms with Crippen LogP contribution in [-0.2, 0) is 4.74 Å². The molecule has 140 valence electrons. The number of ether oxygens (including phenoxy) is 1. The molecule has 2 aliphatic rings. The predicted molar refractivity (Wildman–Crippen MR) is 104 cm³/mol. The molecule has 27 heavy (non-hydrogen) atoms. The van der Waals surface area contributed by atoms with Crippen LogP contribution >= 0.6 is 15.9 Å². The van der Waals surface area contributed by atoms with E-state index in [1.54, 1.807) is 23.1 Å². The Morgan fingerprint density at radius 3 is 2.85 bits per heavy atom. The number of fused-ring (bicyclic) bond motifs is 1. The van der Waals surface area contributed by atoms with Crippen molar-refractivity contribution in [3.63, 3.8) is 0 Å². The van der Waals surface area contributed by atoms with Gasteiger partial charge in [0.2, 0.25) is 0 Å². The Morgan fingerprint density at radius 2 is 2.11 bits per heavy atom. The van der Waals surface area contributed by atoms with Crippen molar-refractivity contribution < 1.29 is 14.5 Å². The van der Waals surface area contributed by atoms with E-state index >= 15 is 0 Å². The van der Waals surface area contributed by atoms with Crippen molar-refractivity contribution >= 4 is 33.2 Å². The lowest BCUT2D eigenvalue weighted by Gasteiger charge is -2.39. The molecule has 0 unspecified atom stereocenters. The van der Waals surface area contributed by atoms with E-state index in [0.717, 1.165) is 18.5 Å². The number of carbonyl (C=O) groups excluding carboxylic acids is 1. The van der Waals surface area contributed by atoms with E-state index in [4.69, 9.17) is 4.74 Å². The van der Waals surface area contributed by atoms with Crippen molar-refractivity contribution in [2.75, 3.05) is 18.5 Å². The number of amides is 1. The van der Waals surface area contributed by atoms with Crippen molar-refractivity contribution in [2.24, 2.45) is 0 Å². The Hall–Kier alpha value is -2.45. The van der Waals surface area contributed by atoms with Gasteiger partial charge in [-0.1, -0.05) is 18.2 Å². The quantitative estimate of drug-likeness (QED) is 0.581. The summed E-state index contributed by atoms with van der Waals surface area (Å²) in [7, 11) is 0. The third kappa shape index (κ3) is 3.42. The SMILES string of the molecule is O=C1c2ccccc2N[C@H](c2ccc(Br)c([N+](=O)[O-])c2)N1C[C@@H]1CCCO1. The fourth-order valence-electron chi connectivity index (χ4n) is 3.59. The van der Waals surface area contributed by atoms with Crippen LogP contribution in [0.3, 0.4) is 0 Å². The number of hydrogen-bond donors (Lipinski definition) is 1. The zero-order chi connectivity index (χ0) is 19.0. The summed E-state index contributed by atoms with van der Waals surface area (Å²) in [4.78, 5) is 25.8. The molecule has 4 rings (SSSR count). The van der Waals surface area contributed by atoms with E-state index in [2.05, 4.69) is 21.2 Å². The van der Waals surface area contributed by atoms with Gasteiger partial charge in [-0.15, -0.1) is 0 Å². The zero-order valence-corrected chi connectivity index (χ0v) is 16.0. The van der Waals surface area contributed by atoms with Crippen LogP contribution in [0.15, 0.2) is 46.9 Å². The number of carbonyl (C=O) groups is 1. The van der Waals surface area contributed by atoms with Gasteiger partial charge in [-0.05, 0) is 47.0 Å². The second kappa shape index (κ2) is 7.28. The van der Waals surface area contributed by atoms with E-state index in [9.17, 15) is 14.9 Å². The van der Waals surface area contributed by atoms with Crippen molar-refractivity contribution in [3.05, 3.63) is 68.2 Å². The molecule has 0 saturated carbocycles. The third-order valence-electron chi connectivity index (χ3n) is 4.93. The number of benzene rings is 2. The maximum absolute atomic E-state index is 13.2. The number of nitro groups is 1. The van der Waals surface area contributed by atoms with Gasteiger partial charge in [0.25, 0.3) is 11.6 Å². The van der Waals surface area contributed by atoms with Gasteiger partial charge in [-0.2, -0.15) is 0 Å². The Labute approximate surface area is 164 Å². The smallest absolute Gasteiger partial charge is 0.283 e. The van der Waals surface area contributed by atoms with Crippen LogP contribution in [0.4, 0.5) is 11.4 Å². The number of halogens is 1. The number of nitro benzene ring substituents is 1. The van der Waals surface area contributed by atoms with Gasteiger partial charge in [-0.3, -0.25) is 14.9 Å². The molecule has 8 heteroatoms. The van der Waals surface area contributed by atoms with Gasteiger partial charge in [0.15, 0.2) is 0 Å². The molecule has 0 aliphatic carbocycles. The van der Waals surface area contributed by atoms with Gasteiger partial charge in [0.1, 0.15) is 6.17 Å². The van der Waals surface area contributed by atoms with Crippen LogP contribution in [0.25, 0.3) is 0 Å². The van der Waals surface area contributed by atoms with Crippen LogP contribution in [-0.4, -0.2) is 35.0 Å². The Morgan fingerprint density at radius 1 is 1.30 bits per heavy atom. The highest BCUT2D eigenvalue weighted by atomic mass is 79.9. The molecule has 1 fully saturated rings. The lowest BCUT2D eigenvalue weighted by molar-refractivity contribution is -0.385. The standard InChI is InChI=1S/C19H18BrN3O4/c20-15-8-7-12(10-17(15)23(25)26)18-21-16-6-2-1-5-14(16)19(24)22(18)11-13-4-3-9-27-13/h1-2,5-8,10,13,18,21H,3-4,9,11H2/t13-,18-/m0/s1. The molecule has 0 spiro atoms. The summed E-state index contributed by atoms with van der Waals surface area (Å²) in [5.74, 6) is -0.101. The fraction of sp³-hybridized carbons (Fsp3) is 0.316. The Balaban J connectivity index is 1.74. The number of nitrogens with one attached hydrogen (secondary N) is 1. The van der Waals surface area contributed by atoms with Gasteiger partial charge >= 0.3 is 0 Å². The highest BCUT2D eigenvalue weighted by Crippen LogP contribution is 2.36. The largest absolute Gasteiger partial charge is 0.376 e. The molecule has 2 aromatic carbocycles. The summed E-state index contributed by atoms with van der Waals surface area (Å²) >= 11 is 3.22. The molecule has 1 saturated heterocycles. The molecule has 1 N–H and O–H groups in total. The number of hydrogen-bond acceptors (Lipinski definition) is 5. The molecule has 1 amide bonds. The third-order valence-corrected chi connectivity index (χ3v) is 5.60. The van der Waals surface area contributed by atoms with E-state index in [-0.39, 0.29) is 17.7 Å². The first-order chi connectivity index (χ1) is 13.0. The van der Waals surface area contributed by atoms with Crippen molar-refractivity contribution in [3.8, 4) is 0 Å². The van der Waals surface area contributed by atoms with E-state index in [1.165, 1.54) is 6.07 Å². The first-order valence-electron chi connectivity index (χ1n) is 8.76. The average Bonchev–Trinajstić information content (AvgIpc) is 3.17. The number of rotatable bonds is 4. The first kappa shape index (κ1) is 17.9. The normalized spacial score (nSPS) is 21.7. The number of anilines is 1. The maximum Gasteiger partial charge on any atom is 0.283 e. The summed E-state index contributed by atoms with van der Waals surface area (Å²) in [5, 5.41) is 14.7. The summed E-state index contributed by atoms with van der Waals surface area (Å²) in [6.45, 7) is 1.14. The molecule has 0 bridgehead atoms. The monoisotopic (exact) mass is 431 g/mol. The molecule has 2 aliphatic heterocycles. The van der Waals surface area contributed by atoms with Crippen molar-refractivity contribution in [1.82, 2.24) is 4.90 Å². The van der Waals surface area contributed by atoms with Crippen LogP contribution < -0.4 is 5.32 Å². The minimum absolute atomic E-state index is 0.0195. The van der Waals surface area contributed by atoms with Gasteiger partial charge in [-0.25, -0.2) is 0 Å². The summed E-state index contributed by atoms with van der Waals surface area (Å²) < 4.78 is 6.13. The second-order valence-electron chi connectivity index (χ2n) is 6.65. The summed E-state index contributed by atoms with van der Waals surface area (Å²) in [6.07, 6.45) is 1.36. The average molecular weight is 432 g/mol. The molecule has 2 aromatic rings. The van der Waals surface area contributed by atoms with Crippen molar-refractivity contribution in [1.29, 1.82) is 0 Å². The van der Waals surface area contributed by atoms with E-state index < -0.39 is 11.1 Å². The van der Waals surface area contributed by atoms with Crippen LogP contribution in [0.2, 0.25) is 0 Å². The zero-order valence-electron chi connectivity index (χ0n) is 14.4. The highest BCUT2D eigenvalue weighted by Gasteiger charge is 2.35. The molecular formula is C19H18BrN3O4. The predicted octanol–water partition coefficient (Wildman–Crippen LogP) is 4.10. The Bertz CT molecular complexity index is 898. The van der Waals surface area contributed by atoms with E-state index in [1.807, 2.05) is 18.2 Å². The summed E-state index contributed by atoms with van der Waals surface area (Å²) in [6, 6.07) is 12.3. The minimum atomic E-state index is -0.497. The number of nitrogens with zero attached hydrogens (tertiary/aromatic N) is 2. The summed E-state index contributed by atoms with van der Waals surface area (Å²) in [5.41, 5.74) is 1.95. The lowest BCUT2D eigenvalue weighted by atomic mass is 10.0. The molecular weight excluding hydrogens is 414 g/mol. The van der Waals surface area contributed by atoms with Gasteiger partial charge in [0.05, 0.1) is 21.1 Å². The lowest BCUT2D eigenvalue weighted by Crippen LogP contribution is -2.46. The molecule has 2 atom stereocenters. The second-order valence-corrected chi connectivity index (χ2v) is 7.51. The van der Waals surface area contributed by atoms with Crippen LogP contribution in [0.1, 0.15) is 34.9 Å². The van der Waals surface area contributed by atoms with Crippen LogP contribution in [0, 0.1) is 10.1 Å².